The summed E-state index contributed by atoms with van der Waals surface area (Å²) in [6.45, 7) is 4.12. The first kappa shape index (κ1) is 10.7. The summed E-state index contributed by atoms with van der Waals surface area (Å²) in [7, 11) is 0. The number of aryl methyl sites for hydroxylation is 2. The molecule has 0 spiro atoms. The molecule has 0 saturated heterocycles. The number of isocyanates is 1. The van der Waals surface area contributed by atoms with Crippen molar-refractivity contribution >= 4 is 11.8 Å². The first-order valence-corrected chi connectivity index (χ1v) is 4.96. The smallest absolute Gasteiger partial charge is 0.211 e. The number of hydrogen-bond donors (Lipinski definition) is 0. The zero-order chi connectivity index (χ0) is 10.4. The number of benzene rings is 1. The lowest BCUT2D eigenvalue weighted by atomic mass is 10.0. The highest BCUT2D eigenvalue weighted by Gasteiger charge is 2.03. The monoisotopic (exact) mass is 189 g/mol. The van der Waals surface area contributed by atoms with Crippen LogP contribution in [0.2, 0.25) is 0 Å². The Bertz CT molecular complexity index is 351. The third-order valence-corrected chi connectivity index (χ3v) is 2.28. The number of unbranched alkanes of at least 4 members (excludes halogenated alkanes) is 1. The second-order valence-corrected chi connectivity index (χ2v) is 3.39. The van der Waals surface area contributed by atoms with Crippen molar-refractivity contribution in [2.24, 2.45) is 4.99 Å². The minimum Gasteiger partial charge on any atom is -0.211 e. The quantitative estimate of drug-likeness (QED) is 0.527. The molecule has 0 aliphatic heterocycles. The zero-order valence-electron chi connectivity index (χ0n) is 8.71. The third-order valence-electron chi connectivity index (χ3n) is 2.28. The maximum Gasteiger partial charge on any atom is 0.240 e. The summed E-state index contributed by atoms with van der Waals surface area (Å²) in [6, 6.07) is 5.99. The highest BCUT2D eigenvalue weighted by atomic mass is 16.1. The fourth-order valence-electron chi connectivity index (χ4n) is 1.49. The predicted octanol–water partition coefficient (Wildman–Crippen LogP) is 3.30. The summed E-state index contributed by atoms with van der Waals surface area (Å²) >= 11 is 0. The molecule has 0 fully saturated rings. The molecule has 0 radical (unpaired) electrons. The van der Waals surface area contributed by atoms with Gasteiger partial charge in [-0.15, -0.1) is 0 Å². The van der Waals surface area contributed by atoms with Crippen molar-refractivity contribution in [1.82, 2.24) is 0 Å². The number of rotatable bonds is 4. The van der Waals surface area contributed by atoms with Crippen LogP contribution >= 0.6 is 0 Å². The van der Waals surface area contributed by atoms with Gasteiger partial charge in [0.05, 0.1) is 5.69 Å². The maximum absolute atomic E-state index is 10.3. The van der Waals surface area contributed by atoms with E-state index in [1.807, 2.05) is 25.1 Å². The highest BCUT2D eigenvalue weighted by molar-refractivity contribution is 5.58. The molecule has 0 unspecified atom stereocenters. The van der Waals surface area contributed by atoms with Crippen molar-refractivity contribution in [3.8, 4) is 0 Å². The Kier molecular flexibility index (Phi) is 4.09. The zero-order valence-corrected chi connectivity index (χ0v) is 8.71. The number of aliphatic imine (C=N–C) groups is 1. The van der Waals surface area contributed by atoms with Crippen LogP contribution in [0.4, 0.5) is 5.69 Å². The Hall–Kier alpha value is -1.40. The third kappa shape index (κ3) is 2.54. The summed E-state index contributed by atoms with van der Waals surface area (Å²) in [5.41, 5.74) is 2.99. The average Bonchev–Trinajstić information content (AvgIpc) is 2.19. The Morgan fingerprint density at radius 2 is 2.21 bits per heavy atom. The fourth-order valence-corrected chi connectivity index (χ4v) is 1.49. The molecule has 1 aromatic rings. The Morgan fingerprint density at radius 3 is 2.86 bits per heavy atom. The van der Waals surface area contributed by atoms with Crippen molar-refractivity contribution in [3.63, 3.8) is 0 Å². The largest absolute Gasteiger partial charge is 0.240 e. The second-order valence-electron chi connectivity index (χ2n) is 3.39. The van der Waals surface area contributed by atoms with Gasteiger partial charge in [-0.25, -0.2) is 4.79 Å². The molecule has 1 rings (SSSR count). The van der Waals surface area contributed by atoms with E-state index in [1.54, 1.807) is 6.08 Å². The average molecular weight is 189 g/mol. The van der Waals surface area contributed by atoms with E-state index in [4.69, 9.17) is 0 Å². The molecule has 0 amide bonds. The van der Waals surface area contributed by atoms with Gasteiger partial charge in [0.2, 0.25) is 6.08 Å². The van der Waals surface area contributed by atoms with Crippen LogP contribution in [-0.4, -0.2) is 6.08 Å². The molecule has 0 atom stereocenters. The van der Waals surface area contributed by atoms with Gasteiger partial charge in [-0.2, -0.15) is 4.99 Å². The summed E-state index contributed by atoms with van der Waals surface area (Å²) in [6.07, 6.45) is 4.88. The maximum atomic E-state index is 10.3. The minimum atomic E-state index is 0.802. The van der Waals surface area contributed by atoms with Gasteiger partial charge in [0.1, 0.15) is 0 Å². The molecule has 2 nitrogen and oxygen atoms in total. The number of hydrogen-bond acceptors (Lipinski definition) is 2. The van der Waals surface area contributed by atoms with Gasteiger partial charge >= 0.3 is 0 Å². The molecule has 0 aromatic heterocycles. The van der Waals surface area contributed by atoms with E-state index < -0.39 is 0 Å². The van der Waals surface area contributed by atoms with Crippen LogP contribution in [0.3, 0.4) is 0 Å². The van der Waals surface area contributed by atoms with Gasteiger partial charge < -0.3 is 0 Å². The summed E-state index contributed by atoms with van der Waals surface area (Å²) < 4.78 is 0. The molecule has 0 heterocycles. The van der Waals surface area contributed by atoms with Crippen LogP contribution in [0, 0.1) is 6.92 Å². The van der Waals surface area contributed by atoms with E-state index in [9.17, 15) is 4.79 Å². The molecule has 2 heteroatoms. The van der Waals surface area contributed by atoms with Gasteiger partial charge in [-0.05, 0) is 30.9 Å². The molecular weight excluding hydrogens is 174 g/mol. The first-order chi connectivity index (χ1) is 6.79. The van der Waals surface area contributed by atoms with Crippen molar-refractivity contribution in [2.45, 2.75) is 33.1 Å². The van der Waals surface area contributed by atoms with E-state index in [0.29, 0.717) is 0 Å². The molecule has 74 valence electrons. The normalized spacial score (nSPS) is 9.57. The molecule has 0 aliphatic carbocycles. The molecule has 14 heavy (non-hydrogen) atoms. The van der Waals surface area contributed by atoms with Gasteiger partial charge in [-0.1, -0.05) is 31.5 Å². The van der Waals surface area contributed by atoms with E-state index in [-0.39, 0.29) is 0 Å². The van der Waals surface area contributed by atoms with Crippen LogP contribution in [0.15, 0.2) is 23.2 Å². The van der Waals surface area contributed by atoms with Gasteiger partial charge in [-0.3, -0.25) is 0 Å². The lowest BCUT2D eigenvalue weighted by Crippen LogP contribution is -1.87. The van der Waals surface area contributed by atoms with Crippen LogP contribution in [0.5, 0.6) is 0 Å². The minimum absolute atomic E-state index is 0.802. The Balaban J connectivity index is 3.01. The first-order valence-electron chi connectivity index (χ1n) is 4.96. The number of para-hydroxylation sites is 1. The van der Waals surface area contributed by atoms with Gasteiger partial charge in [0.25, 0.3) is 0 Å². The van der Waals surface area contributed by atoms with Gasteiger partial charge in [0, 0.05) is 0 Å². The Morgan fingerprint density at radius 1 is 1.43 bits per heavy atom. The lowest BCUT2D eigenvalue weighted by Gasteiger charge is -2.05. The fraction of sp³-hybridized carbons (Fsp3) is 0.417. The molecule has 0 saturated carbocycles. The summed E-state index contributed by atoms with van der Waals surface area (Å²) in [4.78, 5) is 14.0. The van der Waals surface area contributed by atoms with Crippen molar-refractivity contribution in [3.05, 3.63) is 29.3 Å². The molecule has 0 bridgehead atoms. The van der Waals surface area contributed by atoms with Crippen LogP contribution < -0.4 is 0 Å². The van der Waals surface area contributed by atoms with Gasteiger partial charge in [0.15, 0.2) is 0 Å². The van der Waals surface area contributed by atoms with Crippen molar-refractivity contribution in [2.75, 3.05) is 0 Å². The SMILES string of the molecule is CCCCc1cccc(C)c1N=C=O. The predicted molar refractivity (Wildman–Crippen MR) is 57.6 cm³/mol. The molecule has 1 aromatic carbocycles. The topological polar surface area (TPSA) is 29.4 Å². The van der Waals surface area contributed by atoms with E-state index in [1.165, 1.54) is 0 Å². The van der Waals surface area contributed by atoms with E-state index in [2.05, 4.69) is 11.9 Å². The summed E-state index contributed by atoms with van der Waals surface area (Å²) in [5.74, 6) is 0. The summed E-state index contributed by atoms with van der Waals surface area (Å²) in [5, 5.41) is 0. The molecule has 0 N–H and O–H groups in total. The van der Waals surface area contributed by atoms with E-state index in [0.717, 1.165) is 36.1 Å². The van der Waals surface area contributed by atoms with Crippen LogP contribution in [0.1, 0.15) is 30.9 Å². The number of carbonyl (C=O) groups excluding carboxylic acids is 1. The lowest BCUT2D eigenvalue weighted by molar-refractivity contribution is 0.565. The molecular formula is C12H15NO. The van der Waals surface area contributed by atoms with Crippen LogP contribution in [0.25, 0.3) is 0 Å². The van der Waals surface area contributed by atoms with Crippen molar-refractivity contribution in [1.29, 1.82) is 0 Å². The number of nitrogens with zero attached hydrogens (tertiary/aromatic N) is 1. The van der Waals surface area contributed by atoms with E-state index >= 15 is 0 Å². The van der Waals surface area contributed by atoms with Crippen LogP contribution in [-0.2, 0) is 11.2 Å². The Labute approximate surface area is 84.7 Å². The second kappa shape index (κ2) is 5.36. The standard InChI is InChI=1S/C12H15NO/c1-3-4-7-11-8-5-6-10(2)12(11)13-9-14/h5-6,8H,3-4,7H2,1-2H3. The highest BCUT2D eigenvalue weighted by Crippen LogP contribution is 2.24. The van der Waals surface area contributed by atoms with Crippen molar-refractivity contribution < 1.29 is 4.79 Å². The molecule has 0 aliphatic rings.